The number of anilines is 1. The lowest BCUT2D eigenvalue weighted by Crippen LogP contribution is -2.52. The van der Waals surface area contributed by atoms with E-state index < -0.39 is 34.3 Å². The van der Waals surface area contributed by atoms with Crippen molar-refractivity contribution in [3.05, 3.63) is 88.2 Å². The Morgan fingerprint density at radius 1 is 0.953 bits per heavy atom. The van der Waals surface area contributed by atoms with Crippen LogP contribution in [0.2, 0.25) is 10.0 Å². The Bertz CT molecular complexity index is 1470. The highest BCUT2D eigenvalue weighted by Gasteiger charge is 2.34. The van der Waals surface area contributed by atoms with Crippen molar-refractivity contribution in [2.45, 2.75) is 57.5 Å². The maximum absolute atomic E-state index is 14.1. The highest BCUT2D eigenvalue weighted by Crippen LogP contribution is 2.29. The number of unbranched alkanes of at least 4 members (excludes halogenated alkanes) is 1. The van der Waals surface area contributed by atoms with Crippen LogP contribution in [0.25, 0.3) is 0 Å². The zero-order valence-electron chi connectivity index (χ0n) is 24.4. The lowest BCUT2D eigenvalue weighted by molar-refractivity contribution is -0.140. The fraction of sp³-hybridized carbons (Fsp3) is 0.355. The smallest absolute Gasteiger partial charge is 0.264 e. The van der Waals surface area contributed by atoms with Gasteiger partial charge in [-0.25, -0.2) is 12.8 Å². The topological polar surface area (TPSA) is 96.0 Å². The number of rotatable bonds is 15. The summed E-state index contributed by atoms with van der Waals surface area (Å²) in [5.74, 6) is -1.14. The van der Waals surface area contributed by atoms with Gasteiger partial charge in [0.1, 0.15) is 24.2 Å². The first-order valence-electron chi connectivity index (χ1n) is 14.0. The average Bonchev–Trinajstić information content (AvgIpc) is 2.98. The van der Waals surface area contributed by atoms with Crippen molar-refractivity contribution in [2.75, 3.05) is 24.0 Å². The number of hydrogen-bond acceptors (Lipinski definition) is 5. The van der Waals surface area contributed by atoms with Crippen molar-refractivity contribution in [3.63, 3.8) is 0 Å². The second-order valence-electron chi connectivity index (χ2n) is 9.68. The molecular formula is C31H36Cl2FN3O5S. The summed E-state index contributed by atoms with van der Waals surface area (Å²) in [6.45, 7) is 5.56. The first kappa shape index (κ1) is 34.2. The molecule has 0 saturated heterocycles. The van der Waals surface area contributed by atoms with Gasteiger partial charge in [0, 0.05) is 28.7 Å². The molecule has 0 spiro atoms. The number of benzene rings is 3. The number of sulfonamides is 1. The van der Waals surface area contributed by atoms with Gasteiger partial charge in [0.15, 0.2) is 0 Å². The normalized spacial score (nSPS) is 12.0. The minimum Gasteiger partial charge on any atom is -0.494 e. The van der Waals surface area contributed by atoms with Crippen molar-refractivity contribution < 1.29 is 27.1 Å². The molecule has 43 heavy (non-hydrogen) atoms. The molecule has 232 valence electrons. The van der Waals surface area contributed by atoms with Crippen LogP contribution in [0, 0.1) is 5.82 Å². The quantitative estimate of drug-likeness (QED) is 0.191. The SMILES string of the molecule is CCCCNC(=O)[C@H](CC)N(Cc1c(Cl)cccc1Cl)C(=O)CN(c1ccc(F)cc1)S(=O)(=O)c1ccc(OCC)cc1. The minimum absolute atomic E-state index is 0.0693. The molecule has 0 aliphatic rings. The molecule has 0 aromatic heterocycles. The zero-order valence-corrected chi connectivity index (χ0v) is 26.7. The summed E-state index contributed by atoms with van der Waals surface area (Å²) in [5.41, 5.74) is 0.488. The molecular weight excluding hydrogens is 616 g/mol. The molecule has 1 N–H and O–H groups in total. The van der Waals surface area contributed by atoms with Crippen molar-refractivity contribution >= 4 is 50.7 Å². The van der Waals surface area contributed by atoms with Crippen molar-refractivity contribution in [1.82, 2.24) is 10.2 Å². The molecule has 3 aromatic carbocycles. The molecule has 3 aromatic rings. The summed E-state index contributed by atoms with van der Waals surface area (Å²) in [6.07, 6.45) is 1.87. The van der Waals surface area contributed by atoms with Gasteiger partial charge in [0.25, 0.3) is 10.0 Å². The van der Waals surface area contributed by atoms with Gasteiger partial charge in [-0.1, -0.05) is 49.5 Å². The zero-order chi connectivity index (χ0) is 31.6. The number of ether oxygens (including phenoxy) is 1. The van der Waals surface area contributed by atoms with Gasteiger partial charge in [-0.05, 0) is 80.4 Å². The Morgan fingerprint density at radius 3 is 2.14 bits per heavy atom. The Balaban J connectivity index is 2.06. The molecule has 0 radical (unpaired) electrons. The Hall–Kier alpha value is -3.34. The van der Waals surface area contributed by atoms with Crippen LogP contribution < -0.4 is 14.4 Å². The maximum atomic E-state index is 14.1. The third-order valence-electron chi connectivity index (χ3n) is 6.72. The third kappa shape index (κ3) is 8.84. The van der Waals surface area contributed by atoms with Crippen LogP contribution >= 0.6 is 23.2 Å². The Morgan fingerprint density at radius 2 is 1.58 bits per heavy atom. The molecule has 0 saturated carbocycles. The first-order valence-corrected chi connectivity index (χ1v) is 16.2. The van der Waals surface area contributed by atoms with Gasteiger partial charge in [0.05, 0.1) is 17.2 Å². The van der Waals surface area contributed by atoms with E-state index >= 15 is 0 Å². The van der Waals surface area contributed by atoms with Crippen LogP contribution in [0.1, 0.15) is 45.6 Å². The summed E-state index contributed by atoms with van der Waals surface area (Å²) in [6, 6.07) is 14.5. The Labute approximate surface area is 262 Å². The second-order valence-corrected chi connectivity index (χ2v) is 12.4. The second kappa shape index (κ2) is 15.9. The molecule has 3 rings (SSSR count). The molecule has 12 heteroatoms. The monoisotopic (exact) mass is 651 g/mol. The fourth-order valence-corrected chi connectivity index (χ4v) is 6.35. The lowest BCUT2D eigenvalue weighted by Gasteiger charge is -2.33. The van der Waals surface area contributed by atoms with E-state index in [0.29, 0.717) is 34.5 Å². The van der Waals surface area contributed by atoms with Gasteiger partial charge >= 0.3 is 0 Å². The molecule has 0 heterocycles. The largest absolute Gasteiger partial charge is 0.494 e. The number of carbonyl (C=O) groups excluding carboxylic acids is 2. The van der Waals surface area contributed by atoms with E-state index in [9.17, 15) is 22.4 Å². The summed E-state index contributed by atoms with van der Waals surface area (Å²) in [5, 5.41) is 3.45. The van der Waals surface area contributed by atoms with Crippen molar-refractivity contribution in [2.24, 2.45) is 0 Å². The number of hydrogen-bond donors (Lipinski definition) is 1. The summed E-state index contributed by atoms with van der Waals surface area (Å²) in [4.78, 5) is 28.6. The van der Waals surface area contributed by atoms with E-state index in [1.165, 1.54) is 41.3 Å². The number of nitrogens with zero attached hydrogens (tertiary/aromatic N) is 2. The molecule has 1 atom stereocenters. The average molecular weight is 653 g/mol. The minimum atomic E-state index is -4.33. The van der Waals surface area contributed by atoms with Crippen LogP contribution in [-0.2, 0) is 26.2 Å². The van der Waals surface area contributed by atoms with E-state index in [1.54, 1.807) is 25.1 Å². The van der Waals surface area contributed by atoms with Gasteiger partial charge < -0.3 is 15.0 Å². The van der Waals surface area contributed by atoms with Gasteiger partial charge in [-0.2, -0.15) is 0 Å². The van der Waals surface area contributed by atoms with E-state index in [-0.39, 0.29) is 29.5 Å². The van der Waals surface area contributed by atoms with E-state index in [2.05, 4.69) is 5.32 Å². The molecule has 8 nitrogen and oxygen atoms in total. The number of halogens is 3. The predicted octanol–water partition coefficient (Wildman–Crippen LogP) is 6.45. The summed E-state index contributed by atoms with van der Waals surface area (Å²) >= 11 is 12.9. The van der Waals surface area contributed by atoms with Crippen LogP contribution in [0.15, 0.2) is 71.6 Å². The predicted molar refractivity (Wildman–Crippen MR) is 168 cm³/mol. The van der Waals surface area contributed by atoms with Crippen molar-refractivity contribution in [1.29, 1.82) is 0 Å². The summed E-state index contributed by atoms with van der Waals surface area (Å²) < 4.78 is 48.1. The highest BCUT2D eigenvalue weighted by atomic mass is 35.5. The molecule has 0 unspecified atom stereocenters. The van der Waals surface area contributed by atoms with Crippen LogP contribution in [0.3, 0.4) is 0 Å². The molecule has 2 amide bonds. The number of carbonyl (C=O) groups is 2. The van der Waals surface area contributed by atoms with Crippen LogP contribution in [-0.4, -0.2) is 50.9 Å². The van der Waals surface area contributed by atoms with Gasteiger partial charge in [-0.15, -0.1) is 0 Å². The van der Waals surface area contributed by atoms with E-state index in [4.69, 9.17) is 27.9 Å². The number of amides is 2. The maximum Gasteiger partial charge on any atom is 0.264 e. The molecule has 0 aliphatic heterocycles. The highest BCUT2D eigenvalue weighted by molar-refractivity contribution is 7.92. The van der Waals surface area contributed by atoms with E-state index in [1.807, 2.05) is 13.8 Å². The summed E-state index contributed by atoms with van der Waals surface area (Å²) in [7, 11) is -4.33. The first-order chi connectivity index (χ1) is 20.5. The van der Waals surface area contributed by atoms with E-state index in [0.717, 1.165) is 29.3 Å². The lowest BCUT2D eigenvalue weighted by atomic mass is 10.1. The third-order valence-corrected chi connectivity index (χ3v) is 9.22. The molecule has 0 fully saturated rings. The molecule has 0 bridgehead atoms. The standard InChI is InChI=1S/C31H36Cl2FN3O5S/c1-4-7-19-35-31(39)29(5-2)36(20-26-27(32)9-8-10-28(26)33)30(38)21-37(23-13-11-22(34)12-14-23)43(40,41)25-17-15-24(16-18-25)42-6-3/h8-18,29H,4-7,19-21H2,1-3H3,(H,35,39)/t29-/m0/s1. The van der Waals surface area contributed by atoms with Crippen LogP contribution in [0.4, 0.5) is 10.1 Å². The molecule has 0 aliphatic carbocycles. The fourth-order valence-electron chi connectivity index (χ4n) is 4.42. The Kier molecular flexibility index (Phi) is 12.7. The van der Waals surface area contributed by atoms with Crippen molar-refractivity contribution in [3.8, 4) is 5.75 Å². The van der Waals surface area contributed by atoms with Gasteiger partial charge in [-0.3, -0.25) is 13.9 Å². The van der Waals surface area contributed by atoms with Crippen LogP contribution in [0.5, 0.6) is 5.75 Å². The van der Waals surface area contributed by atoms with Gasteiger partial charge in [0.2, 0.25) is 11.8 Å². The number of nitrogens with one attached hydrogen (secondary N) is 1.